The van der Waals surface area contributed by atoms with E-state index in [9.17, 15) is 0 Å². The normalized spacial score (nSPS) is 15.6. The summed E-state index contributed by atoms with van der Waals surface area (Å²) in [5.74, 6) is 2.31. The Bertz CT molecular complexity index is 943. The van der Waals surface area contributed by atoms with Crippen molar-refractivity contribution in [1.29, 1.82) is 0 Å². The van der Waals surface area contributed by atoms with Crippen molar-refractivity contribution in [2.45, 2.75) is 26.7 Å². The molecule has 0 spiro atoms. The number of hydrogen-bond acceptors (Lipinski definition) is 5. The first-order valence-electron chi connectivity index (χ1n) is 8.99. The molecule has 2 aromatic heterocycles. The lowest BCUT2D eigenvalue weighted by Gasteiger charge is -2.30. The smallest absolute Gasteiger partial charge is 0.229 e. The quantitative estimate of drug-likeness (QED) is 0.744. The number of piperidine rings is 1. The van der Waals surface area contributed by atoms with E-state index in [1.165, 1.54) is 12.8 Å². The minimum atomic E-state index is 0.727. The van der Waals surface area contributed by atoms with Gasteiger partial charge in [0.2, 0.25) is 5.95 Å². The van der Waals surface area contributed by atoms with E-state index in [1.807, 2.05) is 38.4 Å². The summed E-state index contributed by atoms with van der Waals surface area (Å²) in [6.07, 6.45) is 4.16. The molecule has 0 radical (unpaired) electrons. The topological polar surface area (TPSA) is 58.9 Å². The molecule has 26 heavy (non-hydrogen) atoms. The van der Waals surface area contributed by atoms with Crippen LogP contribution < -0.4 is 10.2 Å². The van der Waals surface area contributed by atoms with Crippen LogP contribution in [-0.2, 0) is 7.05 Å². The summed E-state index contributed by atoms with van der Waals surface area (Å²) in [6.45, 7) is 6.31. The van der Waals surface area contributed by atoms with E-state index in [0.717, 1.165) is 58.1 Å². The molecule has 1 aromatic carbocycles. The van der Waals surface area contributed by atoms with Crippen molar-refractivity contribution >= 4 is 40.1 Å². The summed E-state index contributed by atoms with van der Waals surface area (Å²) < 4.78 is 1.80. The van der Waals surface area contributed by atoms with Gasteiger partial charge in [-0.15, -0.1) is 0 Å². The molecule has 1 saturated heterocycles. The first kappa shape index (κ1) is 17.1. The van der Waals surface area contributed by atoms with Crippen molar-refractivity contribution in [3.05, 3.63) is 35.0 Å². The van der Waals surface area contributed by atoms with Crippen LogP contribution in [0.5, 0.6) is 0 Å². The van der Waals surface area contributed by atoms with Crippen LogP contribution in [0, 0.1) is 12.8 Å². The fourth-order valence-electron chi connectivity index (χ4n) is 3.35. The summed E-state index contributed by atoms with van der Waals surface area (Å²) in [5, 5.41) is 9.46. The van der Waals surface area contributed by atoms with Crippen molar-refractivity contribution in [2.24, 2.45) is 13.0 Å². The van der Waals surface area contributed by atoms with Crippen LogP contribution in [0.3, 0.4) is 0 Å². The Hall–Kier alpha value is -2.34. The zero-order valence-electron chi connectivity index (χ0n) is 15.3. The van der Waals surface area contributed by atoms with E-state index in [-0.39, 0.29) is 0 Å². The second-order valence-corrected chi connectivity index (χ2v) is 7.57. The zero-order valence-corrected chi connectivity index (χ0v) is 16.1. The lowest BCUT2D eigenvalue weighted by molar-refractivity contribution is 0.434. The standard InChI is InChI=1S/C19H23ClN6/c1-12-6-8-26(9-7-12)19-23-17(15-11-21-25(3)18(15)24-19)22-16-5-4-14(20)10-13(16)2/h4-5,10-12H,6-9H2,1-3H3,(H,22,23,24). The number of rotatable bonds is 3. The van der Waals surface area contributed by atoms with Gasteiger partial charge in [-0.25, -0.2) is 0 Å². The van der Waals surface area contributed by atoms with Crippen molar-refractivity contribution in [1.82, 2.24) is 19.7 Å². The van der Waals surface area contributed by atoms with E-state index >= 15 is 0 Å². The van der Waals surface area contributed by atoms with E-state index < -0.39 is 0 Å². The van der Waals surface area contributed by atoms with E-state index in [0.29, 0.717) is 0 Å². The van der Waals surface area contributed by atoms with E-state index in [4.69, 9.17) is 21.6 Å². The van der Waals surface area contributed by atoms with Gasteiger partial charge in [-0.2, -0.15) is 15.1 Å². The van der Waals surface area contributed by atoms with Crippen LogP contribution in [-0.4, -0.2) is 32.8 Å². The van der Waals surface area contributed by atoms with Crippen molar-refractivity contribution in [2.75, 3.05) is 23.3 Å². The summed E-state index contributed by atoms with van der Waals surface area (Å²) in [7, 11) is 1.91. The van der Waals surface area contributed by atoms with Crippen LogP contribution in [0.25, 0.3) is 11.0 Å². The number of benzene rings is 1. The Kier molecular flexibility index (Phi) is 4.44. The fourth-order valence-corrected chi connectivity index (χ4v) is 3.58. The number of hydrogen-bond donors (Lipinski definition) is 1. The summed E-state index contributed by atoms with van der Waals surface area (Å²) >= 11 is 6.08. The van der Waals surface area contributed by atoms with Gasteiger partial charge < -0.3 is 10.2 Å². The Balaban J connectivity index is 1.75. The van der Waals surface area contributed by atoms with Crippen molar-refractivity contribution in [3.63, 3.8) is 0 Å². The summed E-state index contributed by atoms with van der Waals surface area (Å²) in [6, 6.07) is 5.80. The predicted octanol–water partition coefficient (Wildman–Crippen LogP) is 4.31. The van der Waals surface area contributed by atoms with Gasteiger partial charge in [-0.05, 0) is 49.4 Å². The molecule has 136 valence electrons. The highest BCUT2D eigenvalue weighted by atomic mass is 35.5. The zero-order chi connectivity index (χ0) is 18.3. The van der Waals surface area contributed by atoms with Crippen LogP contribution >= 0.6 is 11.6 Å². The van der Waals surface area contributed by atoms with Gasteiger partial charge in [0.25, 0.3) is 0 Å². The highest BCUT2D eigenvalue weighted by molar-refractivity contribution is 6.30. The maximum Gasteiger partial charge on any atom is 0.229 e. The molecule has 1 fully saturated rings. The molecule has 3 heterocycles. The number of nitrogens with zero attached hydrogens (tertiary/aromatic N) is 5. The molecule has 0 unspecified atom stereocenters. The van der Waals surface area contributed by atoms with Crippen molar-refractivity contribution in [3.8, 4) is 0 Å². The van der Waals surface area contributed by atoms with Gasteiger partial charge in [0.05, 0.1) is 11.6 Å². The number of halogens is 1. The Morgan fingerprint density at radius 3 is 2.69 bits per heavy atom. The molecule has 4 rings (SSSR count). The minimum Gasteiger partial charge on any atom is -0.341 e. The van der Waals surface area contributed by atoms with Gasteiger partial charge in [0.15, 0.2) is 5.65 Å². The largest absolute Gasteiger partial charge is 0.341 e. The molecule has 1 aliphatic rings. The number of aryl methyl sites for hydroxylation is 2. The molecule has 0 bridgehead atoms. The second kappa shape index (κ2) is 6.76. The third-order valence-electron chi connectivity index (χ3n) is 5.09. The molecule has 0 saturated carbocycles. The Morgan fingerprint density at radius 1 is 1.19 bits per heavy atom. The molecule has 0 aliphatic carbocycles. The predicted molar refractivity (Wildman–Crippen MR) is 106 cm³/mol. The Morgan fingerprint density at radius 2 is 1.96 bits per heavy atom. The molecular formula is C19H23ClN6. The van der Waals surface area contributed by atoms with Crippen LogP contribution in [0.1, 0.15) is 25.3 Å². The van der Waals surface area contributed by atoms with Crippen molar-refractivity contribution < 1.29 is 0 Å². The first-order valence-corrected chi connectivity index (χ1v) is 9.37. The van der Waals surface area contributed by atoms with Crippen LogP contribution in [0.15, 0.2) is 24.4 Å². The van der Waals surface area contributed by atoms with E-state index in [1.54, 1.807) is 4.68 Å². The van der Waals surface area contributed by atoms with Gasteiger partial charge in [0, 0.05) is 30.8 Å². The molecule has 1 aliphatic heterocycles. The molecule has 3 aromatic rings. The maximum atomic E-state index is 6.08. The summed E-state index contributed by atoms with van der Waals surface area (Å²) in [5.41, 5.74) is 2.89. The number of aromatic nitrogens is 4. The Labute approximate surface area is 158 Å². The molecule has 1 N–H and O–H groups in total. The average molecular weight is 371 g/mol. The molecule has 6 nitrogen and oxygen atoms in total. The maximum absolute atomic E-state index is 6.08. The van der Waals surface area contributed by atoms with Crippen LogP contribution in [0.4, 0.5) is 17.5 Å². The first-order chi connectivity index (χ1) is 12.5. The lowest BCUT2D eigenvalue weighted by Crippen LogP contribution is -2.34. The van der Waals surface area contributed by atoms with Gasteiger partial charge in [-0.1, -0.05) is 18.5 Å². The summed E-state index contributed by atoms with van der Waals surface area (Å²) in [4.78, 5) is 11.9. The number of fused-ring (bicyclic) bond motifs is 1. The van der Waals surface area contributed by atoms with Gasteiger partial charge in [0.1, 0.15) is 5.82 Å². The number of nitrogens with one attached hydrogen (secondary N) is 1. The molecule has 0 amide bonds. The molecule has 7 heteroatoms. The highest BCUT2D eigenvalue weighted by Crippen LogP contribution is 2.29. The SMILES string of the molecule is Cc1cc(Cl)ccc1Nc1nc(N2CCC(C)CC2)nc2c1cnn2C. The third-order valence-corrected chi connectivity index (χ3v) is 5.32. The average Bonchev–Trinajstić information content (AvgIpc) is 2.99. The highest BCUT2D eigenvalue weighted by Gasteiger charge is 2.21. The lowest BCUT2D eigenvalue weighted by atomic mass is 10.00. The van der Waals surface area contributed by atoms with Crippen LogP contribution in [0.2, 0.25) is 5.02 Å². The number of anilines is 3. The van der Waals surface area contributed by atoms with E-state index in [2.05, 4.69) is 22.2 Å². The third kappa shape index (κ3) is 3.21. The minimum absolute atomic E-state index is 0.727. The molecular weight excluding hydrogens is 348 g/mol. The second-order valence-electron chi connectivity index (χ2n) is 7.13. The van der Waals surface area contributed by atoms with Gasteiger partial charge >= 0.3 is 0 Å². The van der Waals surface area contributed by atoms with Gasteiger partial charge in [-0.3, -0.25) is 4.68 Å². The molecule has 0 atom stereocenters. The monoisotopic (exact) mass is 370 g/mol. The fraction of sp³-hybridized carbons (Fsp3) is 0.421.